The van der Waals surface area contributed by atoms with E-state index < -0.39 is 5.97 Å². The lowest BCUT2D eigenvalue weighted by atomic mass is 10.3. The molecule has 68 valence electrons. The van der Waals surface area contributed by atoms with Crippen molar-refractivity contribution < 1.29 is 14.7 Å². The van der Waals surface area contributed by atoms with Crippen molar-refractivity contribution in [2.45, 2.75) is 0 Å². The van der Waals surface area contributed by atoms with Crippen LogP contribution < -0.4 is 0 Å². The van der Waals surface area contributed by atoms with E-state index in [-0.39, 0.29) is 16.5 Å². The van der Waals surface area contributed by atoms with Gasteiger partial charge in [0.25, 0.3) is 0 Å². The minimum atomic E-state index is -1.13. The fourth-order valence-corrected chi connectivity index (χ4v) is 1.09. The monoisotopic (exact) mass is 197 g/mol. The van der Waals surface area contributed by atoms with Gasteiger partial charge in [-0.25, -0.2) is 9.78 Å². The van der Waals surface area contributed by atoms with E-state index in [1.165, 1.54) is 18.2 Å². The van der Waals surface area contributed by atoms with Crippen molar-refractivity contribution in [3.63, 3.8) is 0 Å². The van der Waals surface area contributed by atoms with Gasteiger partial charge in [0.1, 0.15) is 11.4 Å². The summed E-state index contributed by atoms with van der Waals surface area (Å²) in [5, 5.41) is 8.35. The third kappa shape index (κ3) is 2.29. The Bertz CT molecular complexity index is 351. The average molecular weight is 197 g/mol. The molecule has 0 saturated heterocycles. The van der Waals surface area contributed by atoms with Crippen LogP contribution in [0.25, 0.3) is 0 Å². The number of thioether (sulfide) groups is 1. The number of carboxylic acids is 1. The maximum atomic E-state index is 11.1. The molecule has 1 aromatic heterocycles. The second-order valence-electron chi connectivity index (χ2n) is 2.20. The van der Waals surface area contributed by atoms with Crippen LogP contribution in [0.4, 0.5) is 0 Å². The molecule has 13 heavy (non-hydrogen) atoms. The molecule has 0 fully saturated rings. The van der Waals surface area contributed by atoms with Crippen LogP contribution in [-0.4, -0.2) is 27.4 Å². The zero-order chi connectivity index (χ0) is 9.84. The molecule has 1 aromatic rings. The highest BCUT2D eigenvalue weighted by Gasteiger charge is 2.09. The molecule has 1 N–H and O–H groups in total. The van der Waals surface area contributed by atoms with Crippen molar-refractivity contribution in [1.29, 1.82) is 0 Å². The van der Waals surface area contributed by atoms with E-state index in [2.05, 4.69) is 4.98 Å². The predicted octanol–water partition coefficient (Wildman–Crippen LogP) is 1.28. The minimum Gasteiger partial charge on any atom is -0.477 e. The van der Waals surface area contributed by atoms with Gasteiger partial charge in [-0.2, -0.15) is 0 Å². The maximum Gasteiger partial charge on any atom is 0.354 e. The molecule has 0 amide bonds. The summed E-state index contributed by atoms with van der Waals surface area (Å²) in [5.41, 5.74) is 0.0623. The van der Waals surface area contributed by atoms with E-state index in [1.54, 1.807) is 6.26 Å². The number of rotatable bonds is 2. The van der Waals surface area contributed by atoms with Gasteiger partial charge in [0.15, 0.2) is 0 Å². The molecule has 5 heteroatoms. The molecule has 1 heterocycles. The lowest BCUT2D eigenvalue weighted by molar-refractivity contribution is 0.0690. The highest BCUT2D eigenvalue weighted by atomic mass is 32.2. The molecule has 0 aliphatic rings. The Morgan fingerprint density at radius 3 is 2.54 bits per heavy atom. The summed E-state index contributed by atoms with van der Waals surface area (Å²) in [5.74, 6) is -1.13. The van der Waals surface area contributed by atoms with E-state index in [1.807, 2.05) is 0 Å². The molecule has 0 spiro atoms. The minimum absolute atomic E-state index is 0.111. The third-order valence-corrected chi connectivity index (χ3v) is 1.94. The first kappa shape index (κ1) is 9.73. The summed E-state index contributed by atoms with van der Waals surface area (Å²) in [6.07, 6.45) is 1.62. The molecule has 0 saturated carbocycles. The maximum absolute atomic E-state index is 11.1. The van der Waals surface area contributed by atoms with Crippen LogP contribution in [0.15, 0.2) is 18.2 Å². The van der Waals surface area contributed by atoms with Crippen molar-refractivity contribution in [1.82, 2.24) is 4.98 Å². The second kappa shape index (κ2) is 4.04. The number of pyridine rings is 1. The number of hydrogen-bond acceptors (Lipinski definition) is 4. The van der Waals surface area contributed by atoms with Crippen molar-refractivity contribution in [3.8, 4) is 0 Å². The third-order valence-electron chi connectivity index (χ3n) is 1.36. The molecule has 0 unspecified atom stereocenters. The van der Waals surface area contributed by atoms with E-state index >= 15 is 0 Å². The SMILES string of the molecule is CSC(=O)c1cccc(C(=O)O)n1. The van der Waals surface area contributed by atoms with Gasteiger partial charge in [-0.05, 0) is 18.4 Å². The van der Waals surface area contributed by atoms with E-state index in [0.717, 1.165) is 11.8 Å². The molecule has 0 bridgehead atoms. The zero-order valence-electron chi connectivity index (χ0n) is 6.85. The quantitative estimate of drug-likeness (QED) is 0.773. The number of hydrogen-bond donors (Lipinski definition) is 1. The Labute approximate surface area is 79.0 Å². The van der Waals surface area contributed by atoms with Crippen LogP contribution in [0.3, 0.4) is 0 Å². The standard InChI is InChI=1S/C8H7NO3S/c1-13-8(12)6-4-2-3-5(9-6)7(10)11/h2-4H,1H3,(H,10,11). The highest BCUT2D eigenvalue weighted by molar-refractivity contribution is 8.13. The van der Waals surface area contributed by atoms with Crippen molar-refractivity contribution >= 4 is 22.8 Å². The lowest BCUT2D eigenvalue weighted by Crippen LogP contribution is -2.04. The van der Waals surface area contributed by atoms with Gasteiger partial charge in [0.2, 0.25) is 5.12 Å². The van der Waals surface area contributed by atoms with Gasteiger partial charge in [0.05, 0.1) is 0 Å². The zero-order valence-corrected chi connectivity index (χ0v) is 7.67. The molecular formula is C8H7NO3S. The van der Waals surface area contributed by atoms with E-state index in [0.29, 0.717) is 0 Å². The summed E-state index contributed by atoms with van der Waals surface area (Å²) in [7, 11) is 0. The first-order valence-corrected chi connectivity index (χ1v) is 4.66. The van der Waals surface area contributed by atoms with Gasteiger partial charge in [0, 0.05) is 0 Å². The Hall–Kier alpha value is -1.36. The van der Waals surface area contributed by atoms with Crippen molar-refractivity contribution in [3.05, 3.63) is 29.6 Å². The molecule has 4 nitrogen and oxygen atoms in total. The van der Waals surface area contributed by atoms with Crippen LogP contribution in [0, 0.1) is 0 Å². The van der Waals surface area contributed by atoms with Crippen LogP contribution in [0.5, 0.6) is 0 Å². The van der Waals surface area contributed by atoms with Crippen LogP contribution >= 0.6 is 11.8 Å². The Morgan fingerprint density at radius 1 is 1.38 bits per heavy atom. The summed E-state index contributed by atoms with van der Waals surface area (Å²) in [4.78, 5) is 25.3. The Balaban J connectivity index is 3.05. The number of carbonyl (C=O) groups is 2. The molecule has 0 aliphatic carbocycles. The summed E-state index contributed by atoms with van der Waals surface area (Å²) in [6, 6.07) is 4.34. The summed E-state index contributed by atoms with van der Waals surface area (Å²) >= 11 is 1.00. The summed E-state index contributed by atoms with van der Waals surface area (Å²) in [6.45, 7) is 0. The van der Waals surface area contributed by atoms with Gasteiger partial charge >= 0.3 is 5.97 Å². The average Bonchev–Trinajstić information content (AvgIpc) is 2.17. The number of carboxylic acid groups (broad SMARTS) is 1. The van der Waals surface area contributed by atoms with Gasteiger partial charge in [-0.3, -0.25) is 4.79 Å². The van der Waals surface area contributed by atoms with E-state index in [9.17, 15) is 9.59 Å². The smallest absolute Gasteiger partial charge is 0.354 e. The Kier molecular flexibility index (Phi) is 3.02. The van der Waals surface area contributed by atoms with E-state index in [4.69, 9.17) is 5.11 Å². The topological polar surface area (TPSA) is 67.3 Å². The normalized spacial score (nSPS) is 9.62. The Morgan fingerprint density at radius 2 is 2.00 bits per heavy atom. The number of nitrogens with zero attached hydrogens (tertiary/aromatic N) is 1. The van der Waals surface area contributed by atoms with Crippen LogP contribution in [0.2, 0.25) is 0 Å². The fourth-order valence-electron chi connectivity index (χ4n) is 0.772. The van der Waals surface area contributed by atoms with Crippen LogP contribution in [-0.2, 0) is 0 Å². The molecule has 0 radical (unpaired) electrons. The van der Waals surface area contributed by atoms with Crippen molar-refractivity contribution in [2.75, 3.05) is 6.26 Å². The number of aromatic nitrogens is 1. The first-order valence-electron chi connectivity index (χ1n) is 3.44. The van der Waals surface area contributed by atoms with Gasteiger partial charge < -0.3 is 5.11 Å². The molecule has 0 aliphatic heterocycles. The second-order valence-corrected chi connectivity index (χ2v) is 2.98. The number of aromatic carboxylic acids is 1. The predicted molar refractivity (Wildman–Crippen MR) is 49.0 cm³/mol. The number of carbonyl (C=O) groups excluding carboxylic acids is 1. The highest BCUT2D eigenvalue weighted by Crippen LogP contribution is 2.07. The molecule has 0 atom stereocenters. The fraction of sp³-hybridized carbons (Fsp3) is 0.125. The van der Waals surface area contributed by atoms with Gasteiger partial charge in [-0.15, -0.1) is 0 Å². The summed E-state index contributed by atoms with van der Waals surface area (Å²) < 4.78 is 0. The first-order chi connectivity index (χ1) is 6.15. The van der Waals surface area contributed by atoms with Crippen LogP contribution in [0.1, 0.15) is 21.0 Å². The largest absolute Gasteiger partial charge is 0.477 e. The molecular weight excluding hydrogens is 190 g/mol. The lowest BCUT2D eigenvalue weighted by Gasteiger charge is -1.97. The molecule has 1 rings (SSSR count). The molecule has 0 aromatic carbocycles. The van der Waals surface area contributed by atoms with Gasteiger partial charge in [-0.1, -0.05) is 17.8 Å². The van der Waals surface area contributed by atoms with Crippen molar-refractivity contribution in [2.24, 2.45) is 0 Å².